The molecule has 0 bridgehead atoms. The summed E-state index contributed by atoms with van der Waals surface area (Å²) in [5, 5.41) is 12.9. The molecule has 2 atom stereocenters. The van der Waals surface area contributed by atoms with E-state index in [1.165, 1.54) is 5.56 Å². The first-order valence-electron chi connectivity index (χ1n) is 6.64. The van der Waals surface area contributed by atoms with Crippen LogP contribution in [0.2, 0.25) is 0 Å². The molecule has 100 valence electrons. The van der Waals surface area contributed by atoms with Gasteiger partial charge in [-0.25, -0.2) is 0 Å². The molecule has 2 N–H and O–H groups in total. The van der Waals surface area contributed by atoms with Crippen LogP contribution in [0.4, 0.5) is 0 Å². The Hall–Kier alpha value is -0.900. The summed E-state index contributed by atoms with van der Waals surface area (Å²) in [7, 11) is 0. The van der Waals surface area contributed by atoms with Crippen LogP contribution in [0.3, 0.4) is 0 Å². The van der Waals surface area contributed by atoms with E-state index in [4.69, 9.17) is 4.74 Å². The van der Waals surface area contributed by atoms with E-state index >= 15 is 0 Å². The van der Waals surface area contributed by atoms with Crippen LogP contribution in [0.1, 0.15) is 25.3 Å². The maximum atomic E-state index is 9.39. The highest BCUT2D eigenvalue weighted by Gasteiger charge is 2.38. The molecule has 1 aromatic carbocycles. The molecule has 18 heavy (non-hydrogen) atoms. The standard InChI is InChI=1S/C15H23NO2/c1-12(14-6-4-3-5-7-14)13(2)16-8-15(9-17)10-18-11-15/h3-7,12-13,16-17H,8-11H2,1-2H3. The molecule has 0 radical (unpaired) electrons. The monoisotopic (exact) mass is 249 g/mol. The summed E-state index contributed by atoms with van der Waals surface area (Å²) >= 11 is 0. The third-order valence-corrected chi connectivity index (χ3v) is 4.03. The van der Waals surface area contributed by atoms with Gasteiger partial charge in [-0.1, -0.05) is 37.3 Å². The molecule has 2 unspecified atom stereocenters. The van der Waals surface area contributed by atoms with E-state index in [-0.39, 0.29) is 12.0 Å². The SMILES string of the molecule is CC(NCC1(CO)COC1)C(C)c1ccccc1. The van der Waals surface area contributed by atoms with Gasteiger partial charge in [0.25, 0.3) is 0 Å². The Morgan fingerprint density at radius 1 is 1.28 bits per heavy atom. The maximum Gasteiger partial charge on any atom is 0.0579 e. The van der Waals surface area contributed by atoms with Crippen molar-refractivity contribution in [3.05, 3.63) is 35.9 Å². The Morgan fingerprint density at radius 2 is 1.94 bits per heavy atom. The number of aliphatic hydroxyl groups is 1. The molecule has 1 aliphatic rings. The third-order valence-electron chi connectivity index (χ3n) is 4.03. The first-order valence-corrected chi connectivity index (χ1v) is 6.64. The largest absolute Gasteiger partial charge is 0.396 e. The topological polar surface area (TPSA) is 41.5 Å². The molecule has 3 nitrogen and oxygen atoms in total. The molecule has 3 heteroatoms. The average Bonchev–Trinajstić information content (AvgIpc) is 2.38. The minimum Gasteiger partial charge on any atom is -0.396 e. The predicted octanol–water partition coefficient (Wildman–Crippen LogP) is 1.78. The van der Waals surface area contributed by atoms with Gasteiger partial charge < -0.3 is 15.2 Å². The molecule has 2 rings (SSSR count). The molecule has 0 amide bonds. The summed E-state index contributed by atoms with van der Waals surface area (Å²) in [6.45, 7) is 6.79. The number of hydrogen-bond acceptors (Lipinski definition) is 3. The van der Waals surface area contributed by atoms with Crippen molar-refractivity contribution in [1.29, 1.82) is 0 Å². The molecule has 1 aliphatic heterocycles. The van der Waals surface area contributed by atoms with Crippen molar-refractivity contribution in [2.45, 2.75) is 25.8 Å². The zero-order chi connectivity index (χ0) is 13.0. The number of aliphatic hydroxyl groups excluding tert-OH is 1. The molecular weight excluding hydrogens is 226 g/mol. The fraction of sp³-hybridized carbons (Fsp3) is 0.600. The van der Waals surface area contributed by atoms with E-state index < -0.39 is 0 Å². The van der Waals surface area contributed by atoms with Gasteiger partial charge in [-0.2, -0.15) is 0 Å². The van der Waals surface area contributed by atoms with Crippen LogP contribution in [0.15, 0.2) is 30.3 Å². The van der Waals surface area contributed by atoms with Crippen LogP contribution in [-0.4, -0.2) is 37.5 Å². The Balaban J connectivity index is 1.86. The average molecular weight is 249 g/mol. The summed E-state index contributed by atoms with van der Waals surface area (Å²) in [5.41, 5.74) is 1.30. The molecule has 0 aromatic heterocycles. The summed E-state index contributed by atoms with van der Waals surface area (Å²) in [4.78, 5) is 0. The zero-order valence-electron chi connectivity index (χ0n) is 11.2. The fourth-order valence-electron chi connectivity index (χ4n) is 2.24. The van der Waals surface area contributed by atoms with Crippen molar-refractivity contribution in [2.24, 2.45) is 5.41 Å². The van der Waals surface area contributed by atoms with Crippen LogP contribution in [0.25, 0.3) is 0 Å². The van der Waals surface area contributed by atoms with E-state index in [0.717, 1.165) is 6.54 Å². The smallest absolute Gasteiger partial charge is 0.0579 e. The van der Waals surface area contributed by atoms with Gasteiger partial charge in [0, 0.05) is 12.6 Å². The molecule has 1 saturated heterocycles. The zero-order valence-corrected chi connectivity index (χ0v) is 11.2. The van der Waals surface area contributed by atoms with E-state index in [1.807, 2.05) is 6.07 Å². The maximum absolute atomic E-state index is 9.39. The van der Waals surface area contributed by atoms with Crippen molar-refractivity contribution in [3.8, 4) is 0 Å². The molecule has 1 heterocycles. The van der Waals surface area contributed by atoms with E-state index in [2.05, 4.69) is 43.4 Å². The fourth-order valence-corrected chi connectivity index (χ4v) is 2.24. The third kappa shape index (κ3) is 2.91. The number of nitrogens with one attached hydrogen (secondary N) is 1. The lowest BCUT2D eigenvalue weighted by molar-refractivity contribution is -0.135. The molecule has 0 spiro atoms. The van der Waals surface area contributed by atoms with Crippen LogP contribution in [-0.2, 0) is 4.74 Å². The van der Waals surface area contributed by atoms with Gasteiger partial charge in [0.05, 0.1) is 25.2 Å². The number of hydrogen-bond donors (Lipinski definition) is 2. The van der Waals surface area contributed by atoms with Crippen molar-refractivity contribution < 1.29 is 9.84 Å². The highest BCUT2D eigenvalue weighted by atomic mass is 16.5. The summed E-state index contributed by atoms with van der Waals surface area (Å²) in [5.74, 6) is 0.461. The van der Waals surface area contributed by atoms with Crippen LogP contribution >= 0.6 is 0 Å². The highest BCUT2D eigenvalue weighted by Crippen LogP contribution is 2.27. The molecule has 0 saturated carbocycles. The van der Waals surface area contributed by atoms with Gasteiger partial charge in [-0.3, -0.25) is 0 Å². The van der Waals surface area contributed by atoms with Crippen LogP contribution in [0.5, 0.6) is 0 Å². The van der Waals surface area contributed by atoms with Gasteiger partial charge in [0.15, 0.2) is 0 Å². The van der Waals surface area contributed by atoms with Crippen molar-refractivity contribution in [1.82, 2.24) is 5.32 Å². The second kappa shape index (κ2) is 5.83. The Labute approximate surface area is 109 Å². The minimum absolute atomic E-state index is 0.0509. The molecule has 1 fully saturated rings. The summed E-state index contributed by atoms with van der Waals surface area (Å²) in [6, 6.07) is 10.9. The quantitative estimate of drug-likeness (QED) is 0.807. The van der Waals surface area contributed by atoms with Gasteiger partial charge in [-0.15, -0.1) is 0 Å². The van der Waals surface area contributed by atoms with Gasteiger partial charge >= 0.3 is 0 Å². The number of benzene rings is 1. The summed E-state index contributed by atoms with van der Waals surface area (Å²) in [6.07, 6.45) is 0. The van der Waals surface area contributed by atoms with E-state index in [0.29, 0.717) is 25.2 Å². The first kappa shape index (κ1) is 13.5. The lowest BCUT2D eigenvalue weighted by Gasteiger charge is -2.41. The van der Waals surface area contributed by atoms with E-state index in [9.17, 15) is 5.11 Å². The van der Waals surface area contributed by atoms with Gasteiger partial charge in [-0.05, 0) is 18.4 Å². The van der Waals surface area contributed by atoms with Crippen LogP contribution in [0, 0.1) is 5.41 Å². The lowest BCUT2D eigenvalue weighted by atomic mass is 9.86. The van der Waals surface area contributed by atoms with Gasteiger partial charge in [0.1, 0.15) is 0 Å². The van der Waals surface area contributed by atoms with E-state index in [1.54, 1.807) is 0 Å². The van der Waals surface area contributed by atoms with Gasteiger partial charge in [0.2, 0.25) is 0 Å². The number of ether oxygens (including phenoxy) is 1. The number of rotatable bonds is 6. The first-order chi connectivity index (χ1) is 8.67. The second-order valence-corrected chi connectivity index (χ2v) is 5.52. The van der Waals surface area contributed by atoms with Crippen molar-refractivity contribution in [3.63, 3.8) is 0 Å². The van der Waals surface area contributed by atoms with Crippen LogP contribution < -0.4 is 5.32 Å². The van der Waals surface area contributed by atoms with Crippen molar-refractivity contribution in [2.75, 3.05) is 26.4 Å². The Kier molecular flexibility index (Phi) is 4.38. The predicted molar refractivity (Wildman–Crippen MR) is 72.7 cm³/mol. The Morgan fingerprint density at radius 3 is 2.44 bits per heavy atom. The molecule has 0 aliphatic carbocycles. The Bertz CT molecular complexity index is 357. The summed E-state index contributed by atoms with van der Waals surface area (Å²) < 4.78 is 5.21. The second-order valence-electron chi connectivity index (χ2n) is 5.52. The minimum atomic E-state index is -0.0509. The molecular formula is C15H23NO2. The molecule has 1 aromatic rings. The normalized spacial score (nSPS) is 21.1. The van der Waals surface area contributed by atoms with Crippen molar-refractivity contribution >= 4 is 0 Å². The lowest BCUT2D eigenvalue weighted by Crippen LogP contribution is -2.54. The highest BCUT2D eigenvalue weighted by molar-refractivity contribution is 5.20.